The van der Waals surface area contributed by atoms with Crippen LogP contribution in [0.2, 0.25) is 0 Å². The van der Waals surface area contributed by atoms with E-state index in [4.69, 9.17) is 15.7 Å². The lowest BCUT2D eigenvalue weighted by Crippen LogP contribution is -2.51. The van der Waals surface area contributed by atoms with Gasteiger partial charge in [0.1, 0.15) is 6.04 Å². The first kappa shape index (κ1) is 24.7. The van der Waals surface area contributed by atoms with Crippen molar-refractivity contribution in [1.82, 2.24) is 5.32 Å². The molecule has 4 aliphatic rings. The number of nitrogens with zero attached hydrogens (tertiary/aromatic N) is 1. The highest BCUT2D eigenvalue weighted by Gasteiger charge is 2.58. The third-order valence-corrected chi connectivity index (χ3v) is 9.34. The van der Waals surface area contributed by atoms with E-state index in [1.54, 1.807) is 0 Å². The first-order chi connectivity index (χ1) is 16.0. The zero-order valence-electron chi connectivity index (χ0n) is 20.1. The van der Waals surface area contributed by atoms with Crippen LogP contribution in [-0.4, -0.2) is 52.5 Å². The third kappa shape index (κ3) is 4.46. The molecule has 0 radical (unpaired) electrons. The van der Waals surface area contributed by atoms with Crippen molar-refractivity contribution in [2.75, 3.05) is 6.61 Å². The molecular formula is C25H37N3O6. The summed E-state index contributed by atoms with van der Waals surface area (Å²) >= 11 is 0. The van der Waals surface area contributed by atoms with Gasteiger partial charge in [-0.3, -0.25) is 9.59 Å². The van der Waals surface area contributed by atoms with Crippen molar-refractivity contribution < 1.29 is 29.4 Å². The molecule has 0 aromatic carbocycles. The summed E-state index contributed by atoms with van der Waals surface area (Å²) in [6, 6.07) is -1.38. The minimum atomic E-state index is -1.38. The molecule has 0 bridgehead atoms. The SMILES string of the molecule is C[C@]12CC[C@H]3[C@@H](CCC4=C/C(=N/OCC(=O)N[C@H](CC(N)=O)C(=O)O)CC[C@@]43C)[C@@H]1CC[C@@H]2O. The van der Waals surface area contributed by atoms with Crippen molar-refractivity contribution in [1.29, 1.82) is 0 Å². The molecule has 4 aliphatic carbocycles. The number of carboxylic acids is 1. The summed E-state index contributed by atoms with van der Waals surface area (Å²) in [5, 5.41) is 26.1. The predicted molar refractivity (Wildman–Crippen MR) is 124 cm³/mol. The van der Waals surface area contributed by atoms with E-state index in [9.17, 15) is 19.5 Å². The maximum Gasteiger partial charge on any atom is 0.326 e. The minimum Gasteiger partial charge on any atom is -0.480 e. The molecule has 34 heavy (non-hydrogen) atoms. The average molecular weight is 476 g/mol. The Morgan fingerprint density at radius 3 is 2.65 bits per heavy atom. The van der Waals surface area contributed by atoms with Crippen LogP contribution in [0.25, 0.3) is 0 Å². The molecule has 9 heteroatoms. The number of hydrogen-bond acceptors (Lipinski definition) is 6. The molecule has 0 saturated heterocycles. The highest BCUT2D eigenvalue weighted by Crippen LogP contribution is 2.65. The molecule has 4 rings (SSSR count). The topological polar surface area (TPSA) is 151 Å². The second-order valence-corrected chi connectivity index (χ2v) is 11.1. The number of hydrogen-bond donors (Lipinski definition) is 4. The number of aliphatic hydroxyl groups is 1. The van der Waals surface area contributed by atoms with Crippen molar-refractivity contribution in [2.45, 2.75) is 83.8 Å². The Morgan fingerprint density at radius 2 is 1.94 bits per heavy atom. The van der Waals surface area contributed by atoms with Crippen LogP contribution < -0.4 is 11.1 Å². The smallest absolute Gasteiger partial charge is 0.326 e. The average Bonchev–Trinajstić information content (AvgIpc) is 3.07. The fraction of sp³-hybridized carbons (Fsp3) is 0.760. The van der Waals surface area contributed by atoms with Gasteiger partial charge in [0.15, 0.2) is 6.61 Å². The van der Waals surface area contributed by atoms with E-state index < -0.39 is 36.9 Å². The molecule has 0 heterocycles. The van der Waals surface area contributed by atoms with Gasteiger partial charge in [-0.15, -0.1) is 0 Å². The van der Waals surface area contributed by atoms with Gasteiger partial charge in [-0.2, -0.15) is 0 Å². The quantitative estimate of drug-likeness (QED) is 0.414. The molecule has 0 aliphatic heterocycles. The summed E-state index contributed by atoms with van der Waals surface area (Å²) in [4.78, 5) is 39.3. The van der Waals surface area contributed by atoms with Crippen molar-refractivity contribution in [3.05, 3.63) is 11.6 Å². The van der Waals surface area contributed by atoms with E-state index in [2.05, 4.69) is 30.4 Å². The third-order valence-electron chi connectivity index (χ3n) is 9.34. The molecule has 3 fully saturated rings. The van der Waals surface area contributed by atoms with Crippen LogP contribution in [0, 0.1) is 28.6 Å². The fourth-order valence-electron chi connectivity index (χ4n) is 7.43. The van der Waals surface area contributed by atoms with E-state index in [0.717, 1.165) is 57.1 Å². The lowest BCUT2D eigenvalue weighted by Gasteiger charge is -2.57. The second-order valence-electron chi connectivity index (χ2n) is 11.1. The van der Waals surface area contributed by atoms with Crippen LogP contribution >= 0.6 is 0 Å². The van der Waals surface area contributed by atoms with Gasteiger partial charge in [0.25, 0.3) is 5.91 Å². The number of primary amides is 1. The van der Waals surface area contributed by atoms with E-state index in [1.807, 2.05) is 0 Å². The maximum atomic E-state index is 12.0. The van der Waals surface area contributed by atoms with E-state index in [-0.39, 0.29) is 16.9 Å². The molecule has 7 atom stereocenters. The van der Waals surface area contributed by atoms with Crippen LogP contribution in [0.15, 0.2) is 16.8 Å². The maximum absolute atomic E-state index is 12.0. The molecule has 0 spiro atoms. The summed E-state index contributed by atoms with van der Waals surface area (Å²) in [5.41, 5.74) is 7.43. The summed E-state index contributed by atoms with van der Waals surface area (Å²) < 4.78 is 0. The summed E-state index contributed by atoms with van der Waals surface area (Å²) in [6.07, 6.45) is 9.71. The molecular weight excluding hydrogens is 438 g/mol. The first-order valence-electron chi connectivity index (χ1n) is 12.4. The number of fused-ring (bicyclic) bond motifs is 5. The summed E-state index contributed by atoms with van der Waals surface area (Å²) in [6.45, 7) is 4.25. The lowest BCUT2D eigenvalue weighted by molar-refractivity contribution is -0.144. The van der Waals surface area contributed by atoms with E-state index in [0.29, 0.717) is 17.8 Å². The van der Waals surface area contributed by atoms with Crippen LogP contribution in [0.3, 0.4) is 0 Å². The number of carbonyl (C=O) groups is 3. The number of carbonyl (C=O) groups excluding carboxylic acids is 2. The Hall–Kier alpha value is -2.42. The van der Waals surface area contributed by atoms with E-state index >= 15 is 0 Å². The molecule has 9 nitrogen and oxygen atoms in total. The molecule has 2 amide bonds. The lowest BCUT2D eigenvalue weighted by atomic mass is 9.47. The molecule has 0 aromatic heterocycles. The van der Waals surface area contributed by atoms with Gasteiger partial charge in [-0.25, -0.2) is 4.79 Å². The zero-order chi connectivity index (χ0) is 24.7. The van der Waals surface area contributed by atoms with Crippen LogP contribution in [0.4, 0.5) is 0 Å². The highest BCUT2D eigenvalue weighted by atomic mass is 16.6. The van der Waals surface area contributed by atoms with Gasteiger partial charge >= 0.3 is 5.97 Å². The summed E-state index contributed by atoms with van der Waals surface area (Å²) in [7, 11) is 0. The molecule has 0 aromatic rings. The van der Waals surface area contributed by atoms with E-state index in [1.165, 1.54) is 5.57 Å². The van der Waals surface area contributed by atoms with Gasteiger partial charge in [-0.1, -0.05) is 24.6 Å². The number of nitrogens with one attached hydrogen (secondary N) is 1. The number of allylic oxidation sites excluding steroid dienone is 2. The van der Waals surface area contributed by atoms with Crippen LogP contribution in [0.1, 0.15) is 71.6 Å². The minimum absolute atomic E-state index is 0.0749. The Kier molecular flexibility index (Phi) is 6.77. The monoisotopic (exact) mass is 475 g/mol. The summed E-state index contributed by atoms with van der Waals surface area (Å²) in [5.74, 6) is -0.911. The van der Waals surface area contributed by atoms with Crippen LogP contribution in [0.5, 0.6) is 0 Å². The number of oxime groups is 1. The largest absolute Gasteiger partial charge is 0.480 e. The zero-order valence-corrected chi connectivity index (χ0v) is 20.1. The number of rotatable bonds is 7. The second kappa shape index (κ2) is 9.32. The van der Waals surface area contributed by atoms with Gasteiger partial charge in [0.2, 0.25) is 5.91 Å². The number of carboxylic acid groups (broad SMARTS) is 1. The van der Waals surface area contributed by atoms with Crippen molar-refractivity contribution >= 4 is 23.5 Å². The Bertz CT molecular complexity index is 916. The molecule has 5 N–H and O–H groups in total. The van der Waals surface area contributed by atoms with Crippen LogP contribution in [-0.2, 0) is 19.2 Å². The number of aliphatic carboxylic acids is 1. The van der Waals surface area contributed by atoms with Gasteiger partial charge < -0.3 is 26.1 Å². The van der Waals surface area contributed by atoms with Gasteiger partial charge in [0, 0.05) is 0 Å². The van der Waals surface area contributed by atoms with Gasteiger partial charge in [-0.05, 0) is 86.0 Å². The number of aliphatic hydroxyl groups excluding tert-OH is 1. The standard InChI is InChI=1S/C25H37N3O6/c1-24-9-7-15(28-34-13-22(31)27-19(23(32)33)12-21(26)30)11-14(24)3-4-16-17-5-6-20(29)25(17,2)10-8-18(16)24/h11,16-20,29H,3-10,12-13H2,1-2H3,(H2,26,30)(H,27,31)(H,32,33)/b28-15+/t16-,17-,18-,19+,20-,24-,25-/m0/s1. The number of nitrogens with two attached hydrogens (primary N) is 1. The Labute approximate surface area is 200 Å². The first-order valence-corrected chi connectivity index (χ1v) is 12.4. The molecule has 0 unspecified atom stereocenters. The van der Waals surface area contributed by atoms with Crippen molar-refractivity contribution in [3.8, 4) is 0 Å². The predicted octanol–water partition coefficient (Wildman–Crippen LogP) is 2.13. The Balaban J connectivity index is 1.37. The van der Waals surface area contributed by atoms with Gasteiger partial charge in [0.05, 0.1) is 18.2 Å². The molecule has 3 saturated carbocycles. The molecule has 188 valence electrons. The fourth-order valence-corrected chi connectivity index (χ4v) is 7.43. The Morgan fingerprint density at radius 1 is 1.18 bits per heavy atom. The highest BCUT2D eigenvalue weighted by molar-refractivity contribution is 5.96. The van der Waals surface area contributed by atoms with Crippen molar-refractivity contribution in [3.63, 3.8) is 0 Å². The normalized spacial score (nSPS) is 38.7. The number of amides is 2. The van der Waals surface area contributed by atoms with Crippen molar-refractivity contribution in [2.24, 2.45) is 39.5 Å².